The van der Waals surface area contributed by atoms with Crippen LogP contribution in [0.15, 0.2) is 29.2 Å². The van der Waals surface area contributed by atoms with Gasteiger partial charge < -0.3 is 5.32 Å². The van der Waals surface area contributed by atoms with Gasteiger partial charge in [-0.15, -0.1) is 0 Å². The van der Waals surface area contributed by atoms with Crippen LogP contribution in [0.3, 0.4) is 0 Å². The highest BCUT2D eigenvalue weighted by Gasteiger charge is 2.20. The maximum Gasteiger partial charge on any atom is 0.242 e. The lowest BCUT2D eigenvalue weighted by Gasteiger charge is -2.18. The Kier molecular flexibility index (Phi) is 7.35. The average molecular weight is 312 g/mol. The van der Waals surface area contributed by atoms with E-state index in [9.17, 15) is 8.42 Å². The summed E-state index contributed by atoms with van der Waals surface area (Å²) in [4.78, 5) is 0.376. The molecule has 1 rings (SSSR count). The molecule has 0 saturated heterocycles. The van der Waals surface area contributed by atoms with Gasteiger partial charge in [-0.2, -0.15) is 0 Å². The maximum absolute atomic E-state index is 12.4. The number of sulfonamides is 1. The van der Waals surface area contributed by atoms with Gasteiger partial charge in [0, 0.05) is 13.6 Å². The molecule has 4 nitrogen and oxygen atoms in total. The van der Waals surface area contributed by atoms with Crippen LogP contribution in [0.25, 0.3) is 0 Å². The first kappa shape index (κ1) is 18.1. The highest BCUT2D eigenvalue weighted by Crippen LogP contribution is 2.16. The molecule has 0 saturated carbocycles. The van der Waals surface area contributed by atoms with Crippen molar-refractivity contribution in [3.05, 3.63) is 29.8 Å². The second kappa shape index (κ2) is 8.51. The van der Waals surface area contributed by atoms with Crippen LogP contribution < -0.4 is 5.32 Å². The molecule has 1 aromatic carbocycles. The van der Waals surface area contributed by atoms with Gasteiger partial charge in [0.25, 0.3) is 0 Å². The summed E-state index contributed by atoms with van der Waals surface area (Å²) in [7, 11) is -1.71. The van der Waals surface area contributed by atoms with E-state index >= 15 is 0 Å². The number of rotatable bonds is 9. The number of nitrogens with zero attached hydrogens (tertiary/aromatic N) is 1. The van der Waals surface area contributed by atoms with Gasteiger partial charge in [0.1, 0.15) is 0 Å². The van der Waals surface area contributed by atoms with Crippen LogP contribution >= 0.6 is 0 Å². The summed E-state index contributed by atoms with van der Waals surface area (Å²) in [5.74, 6) is 0.496. The Morgan fingerprint density at radius 2 is 1.81 bits per heavy atom. The summed E-state index contributed by atoms with van der Waals surface area (Å²) in [6.07, 6.45) is 1.79. The molecule has 120 valence electrons. The Morgan fingerprint density at radius 3 is 2.33 bits per heavy atom. The fraction of sp³-hybridized carbons (Fsp3) is 0.625. The second-order valence-electron chi connectivity index (χ2n) is 5.76. The van der Waals surface area contributed by atoms with Gasteiger partial charge in [0.15, 0.2) is 0 Å². The Morgan fingerprint density at radius 1 is 1.19 bits per heavy atom. The van der Waals surface area contributed by atoms with Crippen LogP contribution in [0.2, 0.25) is 0 Å². The minimum atomic E-state index is -3.36. The van der Waals surface area contributed by atoms with E-state index in [1.54, 1.807) is 19.2 Å². The number of hydrogen-bond donors (Lipinski definition) is 1. The molecule has 1 aromatic rings. The molecule has 0 aromatic heterocycles. The van der Waals surface area contributed by atoms with Crippen LogP contribution in [-0.2, 0) is 16.4 Å². The van der Waals surface area contributed by atoms with Crippen molar-refractivity contribution in [2.45, 2.75) is 38.5 Å². The fourth-order valence-corrected chi connectivity index (χ4v) is 3.16. The zero-order valence-corrected chi connectivity index (χ0v) is 14.4. The van der Waals surface area contributed by atoms with Crippen LogP contribution in [0.1, 0.15) is 32.8 Å². The lowest BCUT2D eigenvalue weighted by Crippen LogP contribution is -2.28. The van der Waals surface area contributed by atoms with Gasteiger partial charge in [-0.1, -0.05) is 32.9 Å². The first-order chi connectivity index (χ1) is 9.87. The fourth-order valence-electron chi connectivity index (χ4n) is 1.98. The van der Waals surface area contributed by atoms with E-state index in [1.165, 1.54) is 4.31 Å². The van der Waals surface area contributed by atoms with Crippen LogP contribution in [0.4, 0.5) is 0 Å². The van der Waals surface area contributed by atoms with Gasteiger partial charge in [-0.05, 0) is 49.5 Å². The van der Waals surface area contributed by atoms with E-state index < -0.39 is 10.0 Å². The quantitative estimate of drug-likeness (QED) is 0.713. The molecule has 0 aliphatic carbocycles. The van der Waals surface area contributed by atoms with Crippen molar-refractivity contribution < 1.29 is 8.42 Å². The van der Waals surface area contributed by atoms with E-state index in [0.29, 0.717) is 17.4 Å². The maximum atomic E-state index is 12.4. The minimum Gasteiger partial charge on any atom is -0.317 e. The second-order valence-corrected chi connectivity index (χ2v) is 7.80. The Labute approximate surface area is 129 Å². The third-order valence-corrected chi connectivity index (χ3v) is 5.36. The van der Waals surface area contributed by atoms with Crippen LogP contribution in [0, 0.1) is 5.92 Å². The third-order valence-electron chi connectivity index (χ3n) is 3.49. The van der Waals surface area contributed by atoms with E-state index in [1.807, 2.05) is 12.1 Å². The number of hydrogen-bond acceptors (Lipinski definition) is 3. The summed E-state index contributed by atoms with van der Waals surface area (Å²) < 4.78 is 26.3. The van der Waals surface area contributed by atoms with Crippen molar-refractivity contribution in [3.63, 3.8) is 0 Å². The van der Waals surface area contributed by atoms with Crippen LogP contribution in [0.5, 0.6) is 0 Å². The molecule has 0 bridgehead atoms. The predicted octanol–water partition coefficient (Wildman–Crippen LogP) is 2.51. The average Bonchev–Trinajstić information content (AvgIpc) is 2.45. The predicted molar refractivity (Wildman–Crippen MR) is 88.0 cm³/mol. The van der Waals surface area contributed by atoms with E-state index in [-0.39, 0.29) is 0 Å². The lowest BCUT2D eigenvalue weighted by molar-refractivity contribution is 0.428. The van der Waals surface area contributed by atoms with Crippen molar-refractivity contribution in [1.29, 1.82) is 0 Å². The number of benzene rings is 1. The first-order valence-corrected chi connectivity index (χ1v) is 9.08. The molecule has 21 heavy (non-hydrogen) atoms. The van der Waals surface area contributed by atoms with Gasteiger partial charge >= 0.3 is 0 Å². The molecule has 0 atom stereocenters. The molecule has 0 radical (unpaired) electrons. The van der Waals surface area contributed by atoms with Crippen molar-refractivity contribution in [2.75, 3.05) is 26.7 Å². The molecular formula is C16H28N2O2S. The highest BCUT2D eigenvalue weighted by atomic mass is 32.2. The molecule has 0 fully saturated rings. The minimum absolute atomic E-state index is 0.376. The molecule has 0 unspecified atom stereocenters. The molecule has 0 aliphatic rings. The molecule has 5 heteroatoms. The summed E-state index contributed by atoms with van der Waals surface area (Å²) >= 11 is 0. The zero-order chi connectivity index (χ0) is 15.9. The smallest absolute Gasteiger partial charge is 0.242 e. The normalized spacial score (nSPS) is 12.3. The summed E-state index contributed by atoms with van der Waals surface area (Å²) in [6.45, 7) is 8.69. The summed E-state index contributed by atoms with van der Waals surface area (Å²) in [6, 6.07) is 7.23. The zero-order valence-electron chi connectivity index (χ0n) is 13.6. The van der Waals surface area contributed by atoms with Crippen LogP contribution in [-0.4, -0.2) is 39.4 Å². The van der Waals surface area contributed by atoms with E-state index in [2.05, 4.69) is 26.1 Å². The number of nitrogens with one attached hydrogen (secondary N) is 1. The topological polar surface area (TPSA) is 49.4 Å². The highest BCUT2D eigenvalue weighted by molar-refractivity contribution is 7.89. The third kappa shape index (κ3) is 5.77. The molecule has 0 amide bonds. The Hall–Kier alpha value is -0.910. The lowest BCUT2D eigenvalue weighted by atomic mass is 10.1. The van der Waals surface area contributed by atoms with E-state index in [0.717, 1.165) is 31.5 Å². The van der Waals surface area contributed by atoms with E-state index in [4.69, 9.17) is 0 Å². The Bertz CT molecular complexity index is 510. The van der Waals surface area contributed by atoms with Gasteiger partial charge in [0.05, 0.1) is 4.90 Å². The summed E-state index contributed by atoms with van der Waals surface area (Å²) in [5, 5.41) is 3.26. The molecular weight excluding hydrogens is 284 g/mol. The van der Waals surface area contributed by atoms with Gasteiger partial charge in [0.2, 0.25) is 10.0 Å². The molecule has 0 spiro atoms. The Balaban J connectivity index is 2.70. The molecule has 1 N–H and O–H groups in total. The van der Waals surface area contributed by atoms with Crippen molar-refractivity contribution in [1.82, 2.24) is 9.62 Å². The SMILES string of the molecule is CCNCCc1ccc(S(=O)(=O)N(C)CCC(C)C)cc1. The van der Waals surface area contributed by atoms with Crippen molar-refractivity contribution in [2.24, 2.45) is 5.92 Å². The molecule has 0 heterocycles. The standard InChI is InChI=1S/C16H28N2O2S/c1-5-17-12-10-15-6-8-16(9-7-15)21(19,20)18(4)13-11-14(2)3/h6-9,14,17H,5,10-13H2,1-4H3. The molecule has 0 aliphatic heterocycles. The van der Waals surface area contributed by atoms with Gasteiger partial charge in [-0.3, -0.25) is 0 Å². The van der Waals surface area contributed by atoms with Crippen molar-refractivity contribution >= 4 is 10.0 Å². The van der Waals surface area contributed by atoms with Gasteiger partial charge in [-0.25, -0.2) is 12.7 Å². The summed E-state index contributed by atoms with van der Waals surface area (Å²) in [5.41, 5.74) is 1.15. The number of likely N-dealkylation sites (N-methyl/N-ethyl adjacent to an activating group) is 1. The first-order valence-electron chi connectivity index (χ1n) is 7.64. The largest absolute Gasteiger partial charge is 0.317 e. The van der Waals surface area contributed by atoms with Crippen molar-refractivity contribution in [3.8, 4) is 0 Å². The monoisotopic (exact) mass is 312 g/mol.